The van der Waals surface area contributed by atoms with E-state index in [9.17, 15) is 4.79 Å². The molecule has 0 atom stereocenters. The van der Waals surface area contributed by atoms with Crippen molar-refractivity contribution in [1.29, 1.82) is 0 Å². The number of ether oxygens (including phenoxy) is 1. The van der Waals surface area contributed by atoms with E-state index in [-0.39, 0.29) is 6.42 Å². The van der Waals surface area contributed by atoms with Crippen LogP contribution in [0.4, 0.5) is 11.4 Å². The van der Waals surface area contributed by atoms with Gasteiger partial charge in [0, 0.05) is 24.2 Å². The first-order chi connectivity index (χ1) is 10.3. The molecular weight excluding hydrogens is 266 g/mol. The smallest absolute Gasteiger partial charge is 0.303 e. The highest BCUT2D eigenvalue weighted by Crippen LogP contribution is 2.39. The van der Waals surface area contributed by atoms with E-state index in [1.54, 1.807) is 0 Å². The van der Waals surface area contributed by atoms with Gasteiger partial charge in [-0.2, -0.15) is 0 Å². The predicted octanol–water partition coefficient (Wildman–Crippen LogP) is 3.58. The Kier molecular flexibility index (Phi) is 3.77. The zero-order valence-electron chi connectivity index (χ0n) is 11.7. The van der Waals surface area contributed by atoms with Crippen LogP contribution in [0.5, 0.6) is 5.75 Å². The molecule has 0 aliphatic carbocycles. The number of fused-ring (bicyclic) bond motifs is 2. The second kappa shape index (κ2) is 5.87. The van der Waals surface area contributed by atoms with Crippen LogP contribution < -0.4 is 9.64 Å². The van der Waals surface area contributed by atoms with E-state index >= 15 is 0 Å². The summed E-state index contributed by atoms with van der Waals surface area (Å²) >= 11 is 0. The van der Waals surface area contributed by atoms with Crippen LogP contribution >= 0.6 is 0 Å². The standard InChI is InChI=1S/C17H17NO3/c19-17(20)10-5-11-18-14-7-2-1-6-13(14)12-21-16-9-4-3-8-15(16)18/h1-4,6-9H,5,10-12H2,(H,19,20). The van der Waals surface area contributed by atoms with E-state index in [1.807, 2.05) is 42.5 Å². The molecule has 4 heteroatoms. The summed E-state index contributed by atoms with van der Waals surface area (Å²) in [6, 6.07) is 16.0. The lowest BCUT2D eigenvalue weighted by Crippen LogP contribution is -2.19. The Morgan fingerprint density at radius 1 is 1.10 bits per heavy atom. The summed E-state index contributed by atoms with van der Waals surface area (Å²) in [6.45, 7) is 1.19. The van der Waals surface area contributed by atoms with Crippen LogP contribution in [-0.2, 0) is 11.4 Å². The molecule has 0 unspecified atom stereocenters. The number of hydrogen-bond donors (Lipinski definition) is 1. The van der Waals surface area contributed by atoms with Crippen molar-refractivity contribution in [3.8, 4) is 5.75 Å². The van der Waals surface area contributed by atoms with E-state index in [2.05, 4.69) is 11.0 Å². The largest absolute Gasteiger partial charge is 0.487 e. The van der Waals surface area contributed by atoms with Gasteiger partial charge in [0.1, 0.15) is 12.4 Å². The molecule has 1 heterocycles. The topological polar surface area (TPSA) is 49.8 Å². The summed E-state index contributed by atoms with van der Waals surface area (Å²) in [5.41, 5.74) is 3.20. The number of carboxylic acids is 1. The third kappa shape index (κ3) is 2.84. The van der Waals surface area contributed by atoms with Crippen LogP contribution in [0.2, 0.25) is 0 Å². The van der Waals surface area contributed by atoms with Crippen LogP contribution in [0.1, 0.15) is 18.4 Å². The van der Waals surface area contributed by atoms with E-state index in [4.69, 9.17) is 9.84 Å². The summed E-state index contributed by atoms with van der Waals surface area (Å²) in [4.78, 5) is 12.9. The summed E-state index contributed by atoms with van der Waals surface area (Å²) in [5, 5.41) is 8.85. The van der Waals surface area contributed by atoms with Gasteiger partial charge in [-0.3, -0.25) is 4.79 Å². The van der Waals surface area contributed by atoms with Crippen molar-refractivity contribution in [2.45, 2.75) is 19.4 Å². The molecule has 0 fully saturated rings. The van der Waals surface area contributed by atoms with Crippen LogP contribution in [-0.4, -0.2) is 17.6 Å². The second-order valence-electron chi connectivity index (χ2n) is 5.03. The average Bonchev–Trinajstić information content (AvgIpc) is 2.65. The molecule has 21 heavy (non-hydrogen) atoms. The minimum atomic E-state index is -0.761. The molecule has 0 amide bonds. The first kappa shape index (κ1) is 13.5. The molecule has 108 valence electrons. The maximum atomic E-state index is 10.8. The molecule has 2 aromatic carbocycles. The lowest BCUT2D eigenvalue weighted by molar-refractivity contribution is -0.137. The summed E-state index contributed by atoms with van der Waals surface area (Å²) in [7, 11) is 0. The molecule has 1 N–H and O–H groups in total. The quantitative estimate of drug-likeness (QED) is 0.931. The Labute approximate surface area is 123 Å². The van der Waals surface area contributed by atoms with E-state index in [0.29, 0.717) is 19.6 Å². The zero-order chi connectivity index (χ0) is 14.7. The Hall–Kier alpha value is -2.49. The van der Waals surface area contributed by atoms with Gasteiger partial charge in [0.15, 0.2) is 0 Å². The molecule has 0 radical (unpaired) electrons. The Balaban J connectivity index is 1.96. The number of para-hydroxylation sites is 3. The fourth-order valence-electron chi connectivity index (χ4n) is 2.61. The van der Waals surface area contributed by atoms with Crippen LogP contribution in [0.15, 0.2) is 48.5 Å². The van der Waals surface area contributed by atoms with Gasteiger partial charge in [0.25, 0.3) is 0 Å². The van der Waals surface area contributed by atoms with Gasteiger partial charge in [0.2, 0.25) is 0 Å². The highest BCUT2D eigenvalue weighted by molar-refractivity contribution is 5.73. The minimum absolute atomic E-state index is 0.168. The number of nitrogens with zero attached hydrogens (tertiary/aromatic N) is 1. The van der Waals surface area contributed by atoms with Crippen molar-refractivity contribution in [3.63, 3.8) is 0 Å². The molecule has 2 aromatic rings. The van der Waals surface area contributed by atoms with Gasteiger partial charge in [-0.1, -0.05) is 30.3 Å². The Bertz CT molecular complexity index is 606. The lowest BCUT2D eigenvalue weighted by atomic mass is 10.1. The van der Waals surface area contributed by atoms with Crippen molar-refractivity contribution < 1.29 is 14.6 Å². The maximum Gasteiger partial charge on any atom is 0.303 e. The molecule has 1 aliphatic rings. The van der Waals surface area contributed by atoms with Gasteiger partial charge in [0.05, 0.1) is 5.69 Å². The highest BCUT2D eigenvalue weighted by atomic mass is 16.5. The third-order valence-corrected chi connectivity index (χ3v) is 3.59. The SMILES string of the molecule is O=C(O)CCCN1c2ccccc2COc2ccccc21. The van der Waals surface area contributed by atoms with Gasteiger partial charge < -0.3 is 14.7 Å². The number of anilines is 2. The fraction of sp³-hybridized carbons (Fsp3) is 0.235. The summed E-state index contributed by atoms with van der Waals surface area (Å²) in [6.07, 6.45) is 0.764. The molecule has 0 aromatic heterocycles. The van der Waals surface area contributed by atoms with Crippen molar-refractivity contribution >= 4 is 17.3 Å². The molecule has 0 saturated carbocycles. The van der Waals surface area contributed by atoms with Crippen LogP contribution in [0.3, 0.4) is 0 Å². The van der Waals surface area contributed by atoms with Gasteiger partial charge in [-0.15, -0.1) is 0 Å². The summed E-state index contributed by atoms with van der Waals surface area (Å²) in [5.74, 6) is 0.0756. The average molecular weight is 283 g/mol. The van der Waals surface area contributed by atoms with Crippen LogP contribution in [0, 0.1) is 0 Å². The Morgan fingerprint density at radius 2 is 1.81 bits per heavy atom. The van der Waals surface area contributed by atoms with E-state index in [0.717, 1.165) is 22.7 Å². The molecule has 0 spiro atoms. The van der Waals surface area contributed by atoms with Crippen molar-refractivity contribution in [1.82, 2.24) is 0 Å². The van der Waals surface area contributed by atoms with Crippen LogP contribution in [0.25, 0.3) is 0 Å². The maximum absolute atomic E-state index is 10.8. The zero-order valence-corrected chi connectivity index (χ0v) is 11.7. The predicted molar refractivity (Wildman–Crippen MR) is 81.1 cm³/mol. The number of hydrogen-bond acceptors (Lipinski definition) is 3. The second-order valence-corrected chi connectivity index (χ2v) is 5.03. The molecule has 1 aliphatic heterocycles. The monoisotopic (exact) mass is 283 g/mol. The number of carbonyl (C=O) groups is 1. The molecule has 0 saturated heterocycles. The molecule has 4 nitrogen and oxygen atoms in total. The summed E-state index contributed by atoms with van der Waals surface area (Å²) < 4.78 is 5.87. The van der Waals surface area contributed by atoms with Gasteiger partial charge >= 0.3 is 5.97 Å². The molecular formula is C17H17NO3. The molecule has 0 bridgehead atoms. The minimum Gasteiger partial charge on any atom is -0.487 e. The highest BCUT2D eigenvalue weighted by Gasteiger charge is 2.20. The number of aliphatic carboxylic acids is 1. The molecule has 3 rings (SSSR count). The van der Waals surface area contributed by atoms with Crippen molar-refractivity contribution in [3.05, 3.63) is 54.1 Å². The number of benzene rings is 2. The van der Waals surface area contributed by atoms with E-state index < -0.39 is 5.97 Å². The third-order valence-electron chi connectivity index (χ3n) is 3.59. The number of carboxylic acid groups (broad SMARTS) is 1. The lowest BCUT2D eigenvalue weighted by Gasteiger charge is -2.25. The van der Waals surface area contributed by atoms with Crippen molar-refractivity contribution in [2.75, 3.05) is 11.4 Å². The Morgan fingerprint density at radius 3 is 2.62 bits per heavy atom. The van der Waals surface area contributed by atoms with Gasteiger partial charge in [-0.05, 0) is 24.6 Å². The normalized spacial score (nSPS) is 12.9. The first-order valence-corrected chi connectivity index (χ1v) is 7.05. The van der Waals surface area contributed by atoms with Gasteiger partial charge in [-0.25, -0.2) is 0 Å². The van der Waals surface area contributed by atoms with Crippen molar-refractivity contribution in [2.24, 2.45) is 0 Å². The number of rotatable bonds is 4. The van der Waals surface area contributed by atoms with E-state index in [1.165, 1.54) is 0 Å². The first-order valence-electron chi connectivity index (χ1n) is 7.05. The fourth-order valence-corrected chi connectivity index (χ4v) is 2.61.